The summed E-state index contributed by atoms with van der Waals surface area (Å²) in [4.78, 5) is 10.9. The number of hydrogen-bond acceptors (Lipinski definition) is 4. The predicted molar refractivity (Wildman–Crippen MR) is 62.0 cm³/mol. The highest BCUT2D eigenvalue weighted by atomic mass is 19.1. The normalized spacial score (nSPS) is 25.0. The number of aliphatic hydroxyl groups is 1. The minimum absolute atomic E-state index is 0.0611. The summed E-state index contributed by atoms with van der Waals surface area (Å²) in [5.74, 6) is 1.25. The van der Waals surface area contributed by atoms with Crippen LogP contribution in [0.1, 0.15) is 24.0 Å². The summed E-state index contributed by atoms with van der Waals surface area (Å²) in [6.07, 6.45) is 0.914. The highest BCUT2D eigenvalue weighted by Crippen LogP contribution is 2.38. The van der Waals surface area contributed by atoms with E-state index in [9.17, 15) is 19.5 Å². The second-order valence-corrected chi connectivity index (χ2v) is 4.44. The molecule has 1 unspecified atom stereocenters. The Hall–Kier alpha value is -1.52. The van der Waals surface area contributed by atoms with Gasteiger partial charge in [0.15, 0.2) is 5.72 Å². The second kappa shape index (κ2) is 4.63. The zero-order valence-electron chi connectivity index (χ0n) is 9.98. The number of piperidine rings is 1. The third-order valence-electron chi connectivity index (χ3n) is 3.28. The first-order valence-electron chi connectivity index (χ1n) is 5.70. The summed E-state index contributed by atoms with van der Waals surface area (Å²) in [5, 5.41) is 21.2. The van der Waals surface area contributed by atoms with Crippen molar-refractivity contribution < 1.29 is 19.5 Å². The molecule has 1 aliphatic heterocycles. The largest absolute Gasteiger partial charge is 0.366 e. The number of aryl methyl sites for hydroxylation is 1. The number of carbonyl (C=O) groups excluding carboxylic acids is 1. The molecular weight excluding hydrogens is 237 g/mol. The Morgan fingerprint density at radius 1 is 1.50 bits per heavy atom. The van der Waals surface area contributed by atoms with Crippen LogP contribution in [0.3, 0.4) is 0 Å². The molecule has 0 saturated carbocycles. The molecular formula is C13H14FNO3. The minimum atomic E-state index is -1.90. The smallest absolute Gasteiger partial charge is 0.199 e. The molecule has 1 saturated heterocycles. The molecule has 2 rings (SSSR count). The molecule has 1 atom stereocenters. The first-order chi connectivity index (χ1) is 8.50. The third kappa shape index (κ3) is 1.87. The number of benzene rings is 1. The molecule has 0 aromatic heterocycles. The molecule has 0 aliphatic carbocycles. The Balaban J connectivity index is 2.60. The van der Waals surface area contributed by atoms with Gasteiger partial charge in [0.05, 0.1) is 5.57 Å². The van der Waals surface area contributed by atoms with Gasteiger partial charge in [0.25, 0.3) is 0 Å². The van der Waals surface area contributed by atoms with Gasteiger partial charge in [-0.25, -0.2) is 9.18 Å². The van der Waals surface area contributed by atoms with E-state index in [1.54, 1.807) is 12.9 Å². The molecule has 1 aromatic rings. The molecule has 1 fully saturated rings. The van der Waals surface area contributed by atoms with E-state index in [-0.39, 0.29) is 12.1 Å². The van der Waals surface area contributed by atoms with Crippen molar-refractivity contribution in [1.82, 2.24) is 5.06 Å². The number of halogens is 1. The maximum absolute atomic E-state index is 13.1. The zero-order valence-corrected chi connectivity index (χ0v) is 9.98. The lowest BCUT2D eigenvalue weighted by molar-refractivity contribution is -0.260. The molecule has 2 N–H and O–H groups in total. The Morgan fingerprint density at radius 2 is 2.22 bits per heavy atom. The second-order valence-electron chi connectivity index (χ2n) is 4.44. The quantitative estimate of drug-likeness (QED) is 0.743. The fourth-order valence-electron chi connectivity index (χ4n) is 2.34. The van der Waals surface area contributed by atoms with Gasteiger partial charge >= 0.3 is 0 Å². The molecule has 0 amide bonds. The average Bonchev–Trinajstić information content (AvgIpc) is 2.32. The Bertz CT molecular complexity index is 525. The van der Waals surface area contributed by atoms with E-state index >= 15 is 0 Å². The van der Waals surface area contributed by atoms with E-state index in [2.05, 4.69) is 0 Å². The maximum Gasteiger partial charge on any atom is 0.199 e. The van der Waals surface area contributed by atoms with Crippen molar-refractivity contribution in [1.29, 1.82) is 0 Å². The van der Waals surface area contributed by atoms with Gasteiger partial charge in [-0.15, -0.1) is 0 Å². The zero-order chi connectivity index (χ0) is 13.3. The van der Waals surface area contributed by atoms with Crippen molar-refractivity contribution in [3.63, 3.8) is 0 Å². The molecule has 0 spiro atoms. The highest BCUT2D eigenvalue weighted by molar-refractivity contribution is 5.58. The van der Waals surface area contributed by atoms with Crippen LogP contribution in [0.25, 0.3) is 0 Å². The molecule has 1 heterocycles. The van der Waals surface area contributed by atoms with Gasteiger partial charge in [-0.3, -0.25) is 0 Å². The van der Waals surface area contributed by atoms with Crippen molar-refractivity contribution in [2.75, 3.05) is 6.54 Å². The Labute approximate surface area is 104 Å². The fraction of sp³-hybridized carbons (Fsp3) is 0.385. The molecule has 0 radical (unpaired) electrons. The molecule has 4 nitrogen and oxygen atoms in total. The molecule has 5 heteroatoms. The van der Waals surface area contributed by atoms with Gasteiger partial charge in [-0.1, -0.05) is 6.07 Å². The van der Waals surface area contributed by atoms with Crippen LogP contribution in [0.2, 0.25) is 0 Å². The van der Waals surface area contributed by atoms with E-state index in [1.807, 2.05) is 0 Å². The van der Waals surface area contributed by atoms with E-state index in [4.69, 9.17) is 0 Å². The topological polar surface area (TPSA) is 60.8 Å². The minimum Gasteiger partial charge on any atom is -0.366 e. The highest BCUT2D eigenvalue weighted by Gasteiger charge is 2.44. The van der Waals surface area contributed by atoms with E-state index in [0.29, 0.717) is 29.0 Å². The lowest BCUT2D eigenvalue weighted by Gasteiger charge is -2.40. The van der Waals surface area contributed by atoms with Crippen molar-refractivity contribution in [2.24, 2.45) is 0 Å². The number of hydrogen-bond donors (Lipinski definition) is 2. The van der Waals surface area contributed by atoms with Gasteiger partial charge in [0, 0.05) is 12.1 Å². The van der Waals surface area contributed by atoms with Crippen molar-refractivity contribution in [3.05, 3.63) is 40.7 Å². The maximum atomic E-state index is 13.1. The van der Waals surface area contributed by atoms with Gasteiger partial charge in [0.2, 0.25) is 0 Å². The van der Waals surface area contributed by atoms with E-state index in [1.165, 1.54) is 18.2 Å². The third-order valence-corrected chi connectivity index (χ3v) is 3.28. The standard InChI is InChI=1S/C13H14FNO3/c1-9-7-11(14)4-5-12(9)13(17)10(8-16)3-2-6-15(13)18/h4-5,7,17-18H,2-3,6H2,1H3. The predicted octanol–water partition coefficient (Wildman–Crippen LogP) is 1.52. The molecule has 0 bridgehead atoms. The summed E-state index contributed by atoms with van der Waals surface area (Å²) in [6.45, 7) is 1.85. The summed E-state index contributed by atoms with van der Waals surface area (Å²) in [7, 11) is 0. The van der Waals surface area contributed by atoms with E-state index in [0.717, 1.165) is 0 Å². The lowest BCUT2D eigenvalue weighted by Crippen LogP contribution is -2.49. The van der Waals surface area contributed by atoms with Crippen LogP contribution in [-0.2, 0) is 10.5 Å². The van der Waals surface area contributed by atoms with E-state index < -0.39 is 11.5 Å². The van der Waals surface area contributed by atoms with Gasteiger partial charge in [-0.05, 0) is 37.5 Å². The summed E-state index contributed by atoms with van der Waals surface area (Å²) in [6, 6.07) is 3.81. The average molecular weight is 251 g/mol. The number of nitrogens with zero attached hydrogens (tertiary/aromatic N) is 1. The molecule has 1 aliphatic rings. The van der Waals surface area contributed by atoms with Crippen molar-refractivity contribution in [2.45, 2.75) is 25.5 Å². The molecule has 18 heavy (non-hydrogen) atoms. The number of rotatable bonds is 1. The van der Waals surface area contributed by atoms with Crippen LogP contribution in [0.5, 0.6) is 0 Å². The van der Waals surface area contributed by atoms with Crippen LogP contribution in [0, 0.1) is 12.7 Å². The van der Waals surface area contributed by atoms with Crippen LogP contribution >= 0.6 is 0 Å². The van der Waals surface area contributed by atoms with Gasteiger partial charge < -0.3 is 10.3 Å². The SMILES string of the molecule is Cc1cc(F)ccc1C1(O)C(=C=O)CCCN1O. The van der Waals surface area contributed by atoms with Crippen molar-refractivity contribution in [3.8, 4) is 0 Å². The number of hydroxylamine groups is 2. The fourth-order valence-corrected chi connectivity index (χ4v) is 2.34. The van der Waals surface area contributed by atoms with Crippen LogP contribution in [0.4, 0.5) is 4.39 Å². The van der Waals surface area contributed by atoms with Crippen molar-refractivity contribution >= 4 is 5.94 Å². The summed E-state index contributed by atoms with van der Waals surface area (Å²) >= 11 is 0. The lowest BCUT2D eigenvalue weighted by atomic mass is 9.86. The summed E-state index contributed by atoms with van der Waals surface area (Å²) < 4.78 is 13.1. The first-order valence-corrected chi connectivity index (χ1v) is 5.70. The van der Waals surface area contributed by atoms with Crippen LogP contribution < -0.4 is 0 Å². The van der Waals surface area contributed by atoms with Crippen LogP contribution in [0.15, 0.2) is 23.8 Å². The Kier molecular flexibility index (Phi) is 3.32. The van der Waals surface area contributed by atoms with Gasteiger partial charge in [0.1, 0.15) is 11.8 Å². The molecule has 1 aromatic carbocycles. The monoisotopic (exact) mass is 251 g/mol. The Morgan fingerprint density at radius 3 is 2.83 bits per heavy atom. The summed E-state index contributed by atoms with van der Waals surface area (Å²) in [5.41, 5.74) is -1.08. The van der Waals surface area contributed by atoms with Gasteiger partial charge in [-0.2, -0.15) is 5.06 Å². The first kappa shape index (κ1) is 12.9. The molecule has 96 valence electrons. The van der Waals surface area contributed by atoms with Crippen LogP contribution in [-0.4, -0.2) is 27.9 Å².